The first kappa shape index (κ1) is 25.2. The van der Waals surface area contributed by atoms with E-state index < -0.39 is 0 Å². The Balaban J connectivity index is 1.21. The summed E-state index contributed by atoms with van der Waals surface area (Å²) in [5.74, 6) is 1.12. The molecule has 0 saturated carbocycles. The molecule has 0 atom stereocenters. The van der Waals surface area contributed by atoms with Crippen LogP contribution in [0.1, 0.15) is 22.3 Å². The largest absolute Gasteiger partial charge is 0.496 e. The quantitative estimate of drug-likeness (QED) is 0.504. The molecule has 6 heteroatoms. The standard InChI is InChI=1S/C31H38N4O2/c1-33-18-20-34(21-19-33)29-12-13-30(37-2)27-15-17-35(23-28(27)29)31(36)22-25-8-10-26(11-9-25)32-16-14-24-6-4-3-5-7-24/h3-13,32H,14-23H2,1-2H3. The van der Waals surface area contributed by atoms with Gasteiger partial charge in [-0.1, -0.05) is 42.5 Å². The molecule has 0 spiro atoms. The van der Waals surface area contributed by atoms with Gasteiger partial charge in [-0.25, -0.2) is 0 Å². The second-order valence-electron chi connectivity index (χ2n) is 10.1. The van der Waals surface area contributed by atoms with E-state index in [4.69, 9.17) is 4.74 Å². The lowest BCUT2D eigenvalue weighted by atomic mass is 9.95. The number of nitrogens with one attached hydrogen (secondary N) is 1. The van der Waals surface area contributed by atoms with Crippen LogP contribution in [0.15, 0.2) is 66.7 Å². The molecule has 194 valence electrons. The van der Waals surface area contributed by atoms with Crippen molar-refractivity contribution in [3.8, 4) is 5.75 Å². The van der Waals surface area contributed by atoms with Crippen LogP contribution in [-0.2, 0) is 30.6 Å². The van der Waals surface area contributed by atoms with Gasteiger partial charge in [0.05, 0.1) is 13.5 Å². The zero-order valence-electron chi connectivity index (χ0n) is 22.1. The molecule has 0 bridgehead atoms. The fourth-order valence-electron chi connectivity index (χ4n) is 5.40. The van der Waals surface area contributed by atoms with E-state index in [1.54, 1.807) is 7.11 Å². The van der Waals surface area contributed by atoms with Gasteiger partial charge in [0.1, 0.15) is 5.75 Å². The van der Waals surface area contributed by atoms with Crippen LogP contribution in [0.4, 0.5) is 11.4 Å². The molecule has 1 amide bonds. The number of hydrogen-bond acceptors (Lipinski definition) is 5. The Morgan fingerprint density at radius 2 is 1.62 bits per heavy atom. The highest BCUT2D eigenvalue weighted by Crippen LogP contribution is 2.36. The van der Waals surface area contributed by atoms with Crippen molar-refractivity contribution in [3.63, 3.8) is 0 Å². The number of carbonyl (C=O) groups is 1. The number of piperazine rings is 1. The lowest BCUT2D eigenvalue weighted by molar-refractivity contribution is -0.131. The number of nitrogens with zero attached hydrogens (tertiary/aromatic N) is 3. The first-order chi connectivity index (χ1) is 18.1. The summed E-state index contributed by atoms with van der Waals surface area (Å²) in [6.07, 6.45) is 2.24. The Bertz CT molecular complexity index is 1190. The lowest BCUT2D eigenvalue weighted by Crippen LogP contribution is -2.45. The molecule has 6 nitrogen and oxygen atoms in total. The average molecular weight is 499 g/mol. The topological polar surface area (TPSA) is 48.1 Å². The van der Waals surface area contributed by atoms with E-state index in [0.29, 0.717) is 13.0 Å². The van der Waals surface area contributed by atoms with E-state index in [2.05, 4.69) is 82.8 Å². The van der Waals surface area contributed by atoms with E-state index in [9.17, 15) is 4.79 Å². The number of rotatable bonds is 8. The predicted octanol–water partition coefficient (Wildman–Crippen LogP) is 4.23. The predicted molar refractivity (Wildman–Crippen MR) is 151 cm³/mol. The molecule has 3 aromatic carbocycles. The van der Waals surface area contributed by atoms with Crippen molar-refractivity contribution < 1.29 is 9.53 Å². The van der Waals surface area contributed by atoms with Gasteiger partial charge in [0.15, 0.2) is 0 Å². The van der Waals surface area contributed by atoms with E-state index in [0.717, 1.165) is 69.1 Å². The number of hydrogen-bond donors (Lipinski definition) is 1. The van der Waals surface area contributed by atoms with Crippen LogP contribution in [0.25, 0.3) is 0 Å². The summed E-state index contributed by atoms with van der Waals surface area (Å²) in [5.41, 5.74) is 7.23. The van der Waals surface area contributed by atoms with E-state index in [1.807, 2.05) is 11.0 Å². The van der Waals surface area contributed by atoms with Crippen LogP contribution in [0.3, 0.4) is 0 Å². The summed E-state index contributed by atoms with van der Waals surface area (Å²) in [5, 5.41) is 3.48. The summed E-state index contributed by atoms with van der Waals surface area (Å²) in [6.45, 7) is 6.39. The van der Waals surface area contributed by atoms with Gasteiger partial charge >= 0.3 is 0 Å². The smallest absolute Gasteiger partial charge is 0.227 e. The first-order valence-corrected chi connectivity index (χ1v) is 13.4. The molecule has 0 unspecified atom stereocenters. The molecular weight excluding hydrogens is 460 g/mol. The van der Waals surface area contributed by atoms with Gasteiger partial charge < -0.3 is 24.8 Å². The van der Waals surface area contributed by atoms with Crippen LogP contribution in [0, 0.1) is 0 Å². The second-order valence-corrected chi connectivity index (χ2v) is 10.1. The lowest BCUT2D eigenvalue weighted by Gasteiger charge is -2.38. The third kappa shape index (κ3) is 6.08. The maximum atomic E-state index is 13.3. The van der Waals surface area contributed by atoms with Crippen molar-refractivity contribution in [3.05, 3.63) is 89.0 Å². The third-order valence-corrected chi connectivity index (χ3v) is 7.66. The molecule has 2 aliphatic heterocycles. The third-order valence-electron chi connectivity index (χ3n) is 7.66. The van der Waals surface area contributed by atoms with Gasteiger partial charge in [-0.2, -0.15) is 0 Å². The van der Waals surface area contributed by atoms with Crippen LogP contribution >= 0.6 is 0 Å². The van der Waals surface area contributed by atoms with Gasteiger partial charge in [-0.15, -0.1) is 0 Å². The molecule has 5 rings (SSSR count). The maximum Gasteiger partial charge on any atom is 0.227 e. The fourth-order valence-corrected chi connectivity index (χ4v) is 5.40. The fraction of sp³-hybridized carbons (Fsp3) is 0.387. The van der Waals surface area contributed by atoms with Crippen molar-refractivity contribution in [2.45, 2.75) is 25.8 Å². The van der Waals surface area contributed by atoms with Crippen molar-refractivity contribution >= 4 is 17.3 Å². The van der Waals surface area contributed by atoms with Gasteiger partial charge in [0, 0.05) is 68.3 Å². The summed E-state index contributed by atoms with van der Waals surface area (Å²) in [7, 11) is 3.91. The molecule has 37 heavy (non-hydrogen) atoms. The minimum Gasteiger partial charge on any atom is -0.496 e. The highest BCUT2D eigenvalue weighted by atomic mass is 16.5. The van der Waals surface area contributed by atoms with Gasteiger partial charge in [-0.05, 0) is 55.3 Å². The highest BCUT2D eigenvalue weighted by molar-refractivity contribution is 5.80. The molecule has 3 aromatic rings. The molecule has 0 aromatic heterocycles. The Morgan fingerprint density at radius 1 is 0.865 bits per heavy atom. The Kier molecular flexibility index (Phi) is 7.95. The van der Waals surface area contributed by atoms with Crippen molar-refractivity contribution in [1.82, 2.24) is 9.80 Å². The monoisotopic (exact) mass is 498 g/mol. The van der Waals surface area contributed by atoms with E-state index in [-0.39, 0.29) is 5.91 Å². The summed E-state index contributed by atoms with van der Waals surface area (Å²) in [4.78, 5) is 20.2. The number of anilines is 2. The van der Waals surface area contributed by atoms with Gasteiger partial charge in [0.2, 0.25) is 5.91 Å². The SMILES string of the molecule is COc1ccc(N2CCN(C)CC2)c2c1CCN(C(=O)Cc1ccc(NCCc3ccccc3)cc1)C2. The normalized spacial score (nSPS) is 15.8. The van der Waals surface area contributed by atoms with Gasteiger partial charge in [-0.3, -0.25) is 4.79 Å². The van der Waals surface area contributed by atoms with Crippen molar-refractivity contribution in [2.24, 2.45) is 0 Å². The minimum absolute atomic E-state index is 0.183. The summed E-state index contributed by atoms with van der Waals surface area (Å²) in [6, 6.07) is 23.1. The first-order valence-electron chi connectivity index (χ1n) is 13.4. The molecule has 2 aliphatic rings. The Morgan fingerprint density at radius 3 is 2.35 bits per heavy atom. The van der Waals surface area contributed by atoms with Crippen LogP contribution < -0.4 is 15.0 Å². The van der Waals surface area contributed by atoms with E-state index in [1.165, 1.54) is 22.4 Å². The molecule has 0 aliphatic carbocycles. The highest BCUT2D eigenvalue weighted by Gasteiger charge is 2.28. The van der Waals surface area contributed by atoms with Crippen molar-refractivity contribution in [2.75, 3.05) is 63.6 Å². The molecule has 1 fully saturated rings. The van der Waals surface area contributed by atoms with Crippen LogP contribution in [0.5, 0.6) is 5.75 Å². The number of benzene rings is 3. The molecular formula is C31H38N4O2. The van der Waals surface area contributed by atoms with Crippen LogP contribution in [-0.4, -0.2) is 69.1 Å². The Hall–Kier alpha value is -3.51. The average Bonchev–Trinajstić information content (AvgIpc) is 2.94. The molecule has 0 radical (unpaired) electrons. The zero-order valence-corrected chi connectivity index (χ0v) is 22.1. The van der Waals surface area contributed by atoms with Crippen molar-refractivity contribution in [1.29, 1.82) is 0 Å². The number of fused-ring (bicyclic) bond motifs is 1. The number of carbonyl (C=O) groups excluding carboxylic acids is 1. The summed E-state index contributed by atoms with van der Waals surface area (Å²) >= 11 is 0. The summed E-state index contributed by atoms with van der Waals surface area (Å²) < 4.78 is 5.69. The molecule has 2 heterocycles. The molecule has 1 saturated heterocycles. The number of ether oxygens (including phenoxy) is 1. The number of amides is 1. The Labute approximate surface area is 220 Å². The van der Waals surface area contributed by atoms with E-state index >= 15 is 0 Å². The number of likely N-dealkylation sites (N-methyl/N-ethyl adjacent to an activating group) is 1. The zero-order chi connectivity index (χ0) is 25.6. The second kappa shape index (κ2) is 11.7. The number of methoxy groups -OCH3 is 1. The van der Waals surface area contributed by atoms with Gasteiger partial charge in [0.25, 0.3) is 0 Å². The maximum absolute atomic E-state index is 13.3. The van der Waals surface area contributed by atoms with Crippen LogP contribution in [0.2, 0.25) is 0 Å². The molecule has 1 N–H and O–H groups in total. The minimum atomic E-state index is 0.183.